The Hall–Kier alpha value is -1.50. The molecular weight excluding hydrogens is 244 g/mol. The Kier molecular flexibility index (Phi) is 5.46. The van der Waals surface area contributed by atoms with E-state index in [9.17, 15) is 0 Å². The molecule has 0 saturated heterocycles. The van der Waals surface area contributed by atoms with E-state index in [0.717, 1.165) is 11.7 Å². The van der Waals surface area contributed by atoms with Crippen LogP contribution in [0.1, 0.15) is 50.7 Å². The second-order valence-corrected chi connectivity index (χ2v) is 5.88. The van der Waals surface area contributed by atoms with Crippen LogP contribution in [-0.2, 0) is 6.42 Å². The van der Waals surface area contributed by atoms with Gasteiger partial charge in [-0.2, -0.15) is 0 Å². The summed E-state index contributed by atoms with van der Waals surface area (Å²) >= 11 is 0. The van der Waals surface area contributed by atoms with Crippen LogP contribution >= 0.6 is 0 Å². The summed E-state index contributed by atoms with van der Waals surface area (Å²) in [4.78, 5) is 0. The first-order valence-corrected chi connectivity index (χ1v) is 7.84. The Morgan fingerprint density at radius 2 is 2.00 bits per heavy atom. The minimum absolute atomic E-state index is 0.873. The van der Waals surface area contributed by atoms with Gasteiger partial charge in [0, 0.05) is 5.56 Å². The van der Waals surface area contributed by atoms with Crippen molar-refractivity contribution in [2.24, 2.45) is 5.92 Å². The summed E-state index contributed by atoms with van der Waals surface area (Å²) in [5.74, 6) is 1.83. The summed E-state index contributed by atoms with van der Waals surface area (Å²) < 4.78 is 5.45. The van der Waals surface area contributed by atoms with Crippen molar-refractivity contribution in [1.29, 1.82) is 0 Å². The molecule has 0 fully saturated rings. The third-order valence-corrected chi connectivity index (χ3v) is 4.24. The second-order valence-electron chi connectivity index (χ2n) is 5.88. The Labute approximate surface area is 123 Å². The third kappa shape index (κ3) is 4.00. The average Bonchev–Trinajstić information content (AvgIpc) is 2.98. The van der Waals surface area contributed by atoms with Gasteiger partial charge in [-0.25, -0.2) is 0 Å². The van der Waals surface area contributed by atoms with E-state index in [1.807, 2.05) is 12.1 Å². The molecule has 2 rings (SSSR count). The molecule has 20 heavy (non-hydrogen) atoms. The molecule has 1 aromatic carbocycles. The number of aryl methyl sites for hydroxylation is 2. The summed E-state index contributed by atoms with van der Waals surface area (Å²) in [6, 6.07) is 10.6. The number of rotatable bonds is 7. The maximum absolute atomic E-state index is 5.45. The third-order valence-electron chi connectivity index (χ3n) is 4.24. The van der Waals surface area contributed by atoms with Crippen molar-refractivity contribution in [2.45, 2.75) is 52.9 Å². The van der Waals surface area contributed by atoms with E-state index in [0.29, 0.717) is 0 Å². The summed E-state index contributed by atoms with van der Waals surface area (Å²) in [7, 11) is 0. The van der Waals surface area contributed by atoms with Crippen molar-refractivity contribution in [3.05, 3.63) is 47.7 Å². The lowest BCUT2D eigenvalue weighted by molar-refractivity contribution is 0.484. The fraction of sp³-hybridized carbons (Fsp3) is 0.474. The highest BCUT2D eigenvalue weighted by Gasteiger charge is 2.05. The minimum atomic E-state index is 0.873. The highest BCUT2D eigenvalue weighted by molar-refractivity contribution is 5.59. The molecule has 0 aliphatic heterocycles. The van der Waals surface area contributed by atoms with Crippen LogP contribution < -0.4 is 0 Å². The lowest BCUT2D eigenvalue weighted by Crippen LogP contribution is -1.94. The van der Waals surface area contributed by atoms with Crippen LogP contribution in [0.25, 0.3) is 11.3 Å². The topological polar surface area (TPSA) is 13.1 Å². The average molecular weight is 270 g/mol. The van der Waals surface area contributed by atoms with Crippen molar-refractivity contribution in [1.82, 2.24) is 0 Å². The van der Waals surface area contributed by atoms with Gasteiger partial charge in [0.25, 0.3) is 0 Å². The van der Waals surface area contributed by atoms with Crippen LogP contribution in [-0.4, -0.2) is 0 Å². The molecular formula is C19H26O. The Morgan fingerprint density at radius 3 is 2.65 bits per heavy atom. The van der Waals surface area contributed by atoms with Crippen LogP contribution in [0.5, 0.6) is 0 Å². The van der Waals surface area contributed by atoms with Gasteiger partial charge in [0.2, 0.25) is 0 Å². The smallest absolute Gasteiger partial charge is 0.133 e. The van der Waals surface area contributed by atoms with Crippen molar-refractivity contribution in [3.63, 3.8) is 0 Å². The summed E-state index contributed by atoms with van der Waals surface area (Å²) in [6.07, 6.45) is 8.23. The summed E-state index contributed by atoms with van der Waals surface area (Å²) in [6.45, 7) is 6.84. The number of benzene rings is 1. The van der Waals surface area contributed by atoms with Crippen molar-refractivity contribution in [3.8, 4) is 11.3 Å². The van der Waals surface area contributed by atoms with Gasteiger partial charge in [-0.1, -0.05) is 45.2 Å². The van der Waals surface area contributed by atoms with Gasteiger partial charge in [0.15, 0.2) is 0 Å². The van der Waals surface area contributed by atoms with E-state index in [4.69, 9.17) is 4.42 Å². The second kappa shape index (κ2) is 7.33. The molecule has 0 aliphatic carbocycles. The molecule has 0 bridgehead atoms. The molecule has 108 valence electrons. The molecule has 0 spiro atoms. The molecule has 0 aliphatic rings. The highest BCUT2D eigenvalue weighted by Crippen LogP contribution is 2.24. The van der Waals surface area contributed by atoms with Gasteiger partial charge in [0.05, 0.1) is 6.26 Å². The highest BCUT2D eigenvalue weighted by atomic mass is 16.3. The molecule has 2 aromatic rings. The summed E-state index contributed by atoms with van der Waals surface area (Å²) in [5, 5.41) is 0. The fourth-order valence-corrected chi connectivity index (χ4v) is 2.58. The fourth-order valence-electron chi connectivity index (χ4n) is 2.58. The van der Waals surface area contributed by atoms with Gasteiger partial charge < -0.3 is 4.42 Å². The molecule has 0 saturated carbocycles. The Bertz CT molecular complexity index is 511. The zero-order valence-electron chi connectivity index (χ0n) is 13.0. The molecule has 1 atom stereocenters. The lowest BCUT2D eigenvalue weighted by Gasteiger charge is -2.10. The van der Waals surface area contributed by atoms with E-state index in [-0.39, 0.29) is 0 Å². The Morgan fingerprint density at radius 1 is 1.15 bits per heavy atom. The van der Waals surface area contributed by atoms with E-state index in [1.54, 1.807) is 6.26 Å². The van der Waals surface area contributed by atoms with Gasteiger partial charge in [-0.3, -0.25) is 0 Å². The van der Waals surface area contributed by atoms with Gasteiger partial charge in [-0.05, 0) is 55.0 Å². The van der Waals surface area contributed by atoms with Crippen molar-refractivity contribution >= 4 is 0 Å². The van der Waals surface area contributed by atoms with E-state index in [2.05, 4.69) is 39.0 Å². The minimum Gasteiger partial charge on any atom is -0.464 e. The van der Waals surface area contributed by atoms with Crippen LogP contribution in [0.15, 0.2) is 41.0 Å². The van der Waals surface area contributed by atoms with Crippen molar-refractivity contribution in [2.75, 3.05) is 0 Å². The molecule has 0 amide bonds. The predicted molar refractivity (Wildman–Crippen MR) is 85.9 cm³/mol. The lowest BCUT2D eigenvalue weighted by atomic mass is 9.96. The molecule has 1 nitrogen and oxygen atoms in total. The molecule has 0 N–H and O–H groups in total. The van der Waals surface area contributed by atoms with Crippen LogP contribution in [0.3, 0.4) is 0 Å². The van der Waals surface area contributed by atoms with E-state index in [1.165, 1.54) is 48.8 Å². The Balaban J connectivity index is 1.90. The normalized spacial score (nSPS) is 12.6. The number of hydrogen-bond donors (Lipinski definition) is 0. The molecule has 1 unspecified atom stereocenters. The first kappa shape index (κ1) is 14.9. The van der Waals surface area contributed by atoms with Crippen LogP contribution in [0, 0.1) is 12.8 Å². The van der Waals surface area contributed by atoms with E-state index >= 15 is 0 Å². The molecule has 1 heterocycles. The van der Waals surface area contributed by atoms with Gasteiger partial charge >= 0.3 is 0 Å². The quantitative estimate of drug-likeness (QED) is 0.561. The molecule has 1 aromatic heterocycles. The standard InChI is InChI=1S/C19H26O/c1-4-15(2)8-5-6-9-17-11-12-18(14-16(17)3)19-10-7-13-20-19/h7,10-15H,4-6,8-9H2,1-3H3. The number of furan rings is 1. The van der Waals surface area contributed by atoms with Crippen LogP contribution in [0.2, 0.25) is 0 Å². The predicted octanol–water partition coefficient (Wildman–Crippen LogP) is 6.01. The largest absolute Gasteiger partial charge is 0.464 e. The zero-order chi connectivity index (χ0) is 14.4. The molecule has 0 radical (unpaired) electrons. The van der Waals surface area contributed by atoms with Gasteiger partial charge in [-0.15, -0.1) is 0 Å². The van der Waals surface area contributed by atoms with E-state index < -0.39 is 0 Å². The molecule has 1 heteroatoms. The zero-order valence-corrected chi connectivity index (χ0v) is 13.0. The monoisotopic (exact) mass is 270 g/mol. The van der Waals surface area contributed by atoms with Gasteiger partial charge in [0.1, 0.15) is 5.76 Å². The first-order chi connectivity index (χ1) is 9.70. The number of unbranched alkanes of at least 4 members (excludes halogenated alkanes) is 1. The maximum atomic E-state index is 5.45. The maximum Gasteiger partial charge on any atom is 0.133 e. The summed E-state index contributed by atoms with van der Waals surface area (Å²) in [5.41, 5.74) is 4.03. The first-order valence-electron chi connectivity index (χ1n) is 7.84. The SMILES string of the molecule is CCC(C)CCCCc1ccc(-c2ccco2)cc1C. The number of hydrogen-bond acceptors (Lipinski definition) is 1. The van der Waals surface area contributed by atoms with Crippen LogP contribution in [0.4, 0.5) is 0 Å². The van der Waals surface area contributed by atoms with Crippen molar-refractivity contribution < 1.29 is 4.42 Å².